The zero-order valence-corrected chi connectivity index (χ0v) is 13.0. The van der Waals surface area contributed by atoms with E-state index < -0.39 is 5.97 Å². The molecule has 0 aliphatic heterocycles. The number of carbonyl (C=O) groups is 2. The molecule has 5 heteroatoms. The fraction of sp³-hybridized carbons (Fsp3) is 0.222. The third kappa shape index (κ3) is 5.14. The first-order valence-electron chi connectivity index (χ1n) is 7.51. The molecule has 0 atom stereocenters. The van der Waals surface area contributed by atoms with Crippen molar-refractivity contribution in [2.75, 3.05) is 18.5 Å². The van der Waals surface area contributed by atoms with Gasteiger partial charge in [0.05, 0.1) is 18.7 Å². The Kier molecular flexibility index (Phi) is 6.17. The van der Waals surface area contributed by atoms with Gasteiger partial charge in [-0.05, 0) is 24.6 Å². The highest BCUT2D eigenvalue weighted by Crippen LogP contribution is 2.15. The molecule has 0 spiro atoms. The van der Waals surface area contributed by atoms with Crippen molar-refractivity contribution >= 4 is 17.6 Å². The first-order valence-corrected chi connectivity index (χ1v) is 7.51. The van der Waals surface area contributed by atoms with E-state index in [-0.39, 0.29) is 12.5 Å². The molecule has 120 valence electrons. The molecule has 0 aromatic heterocycles. The Morgan fingerprint density at radius 3 is 2.43 bits per heavy atom. The van der Waals surface area contributed by atoms with Gasteiger partial charge in [-0.25, -0.2) is 4.79 Å². The van der Waals surface area contributed by atoms with Crippen LogP contribution in [0.1, 0.15) is 22.8 Å². The van der Waals surface area contributed by atoms with Crippen LogP contribution >= 0.6 is 0 Å². The zero-order chi connectivity index (χ0) is 16.5. The van der Waals surface area contributed by atoms with Crippen LogP contribution in [0, 0.1) is 0 Å². The maximum absolute atomic E-state index is 11.9. The minimum Gasteiger partial charge on any atom is -0.462 e. The molecule has 0 bridgehead atoms. The Labute approximate surface area is 135 Å². The second-order valence-electron chi connectivity index (χ2n) is 4.88. The summed E-state index contributed by atoms with van der Waals surface area (Å²) in [5.74, 6) is -0.548. The molecule has 0 saturated heterocycles. The maximum Gasteiger partial charge on any atom is 0.340 e. The molecule has 0 heterocycles. The summed E-state index contributed by atoms with van der Waals surface area (Å²) in [6.07, 6.45) is 0. The predicted molar refractivity (Wildman–Crippen MR) is 89.2 cm³/mol. The summed E-state index contributed by atoms with van der Waals surface area (Å²) < 4.78 is 5.00. The van der Waals surface area contributed by atoms with Crippen molar-refractivity contribution in [3.8, 4) is 0 Å². The van der Waals surface area contributed by atoms with E-state index in [0.717, 1.165) is 5.56 Å². The third-order valence-corrected chi connectivity index (χ3v) is 3.19. The van der Waals surface area contributed by atoms with E-state index in [2.05, 4.69) is 10.6 Å². The van der Waals surface area contributed by atoms with E-state index >= 15 is 0 Å². The van der Waals surface area contributed by atoms with Crippen LogP contribution < -0.4 is 10.6 Å². The molecule has 2 rings (SSSR count). The molecule has 0 unspecified atom stereocenters. The van der Waals surface area contributed by atoms with Crippen LogP contribution in [0.15, 0.2) is 54.6 Å². The lowest BCUT2D eigenvalue weighted by Crippen LogP contribution is -2.29. The number of para-hydroxylation sites is 1. The number of amides is 1. The SMILES string of the molecule is CCOC(=O)c1ccccc1NCC(=O)NCc1ccccc1. The van der Waals surface area contributed by atoms with Crippen LogP contribution in [0.5, 0.6) is 0 Å². The zero-order valence-electron chi connectivity index (χ0n) is 13.0. The standard InChI is InChI=1S/C18H20N2O3/c1-2-23-18(22)15-10-6-7-11-16(15)19-13-17(21)20-12-14-8-4-3-5-9-14/h3-11,19H,2,12-13H2,1H3,(H,20,21). The number of benzene rings is 2. The highest BCUT2D eigenvalue weighted by atomic mass is 16.5. The lowest BCUT2D eigenvalue weighted by Gasteiger charge is -2.11. The van der Waals surface area contributed by atoms with Gasteiger partial charge in [0, 0.05) is 12.2 Å². The Morgan fingerprint density at radius 1 is 1.00 bits per heavy atom. The Hall–Kier alpha value is -2.82. The highest BCUT2D eigenvalue weighted by Gasteiger charge is 2.12. The van der Waals surface area contributed by atoms with Crippen LogP contribution in [0.4, 0.5) is 5.69 Å². The molecule has 0 aliphatic carbocycles. The monoisotopic (exact) mass is 312 g/mol. The molecule has 2 aromatic rings. The summed E-state index contributed by atoms with van der Waals surface area (Å²) in [7, 11) is 0. The summed E-state index contributed by atoms with van der Waals surface area (Å²) in [5, 5.41) is 5.80. The number of esters is 1. The summed E-state index contributed by atoms with van der Waals surface area (Å²) in [4.78, 5) is 23.8. The van der Waals surface area contributed by atoms with Crippen molar-refractivity contribution in [1.82, 2.24) is 5.32 Å². The van der Waals surface area contributed by atoms with Crippen molar-refractivity contribution < 1.29 is 14.3 Å². The van der Waals surface area contributed by atoms with Gasteiger partial charge in [-0.3, -0.25) is 4.79 Å². The average Bonchev–Trinajstić information content (AvgIpc) is 2.59. The predicted octanol–water partition coefficient (Wildman–Crippen LogP) is 2.59. The van der Waals surface area contributed by atoms with Crippen LogP contribution in [-0.4, -0.2) is 25.0 Å². The Balaban J connectivity index is 1.88. The molecule has 2 N–H and O–H groups in total. The lowest BCUT2D eigenvalue weighted by atomic mass is 10.2. The van der Waals surface area contributed by atoms with Crippen molar-refractivity contribution in [3.05, 3.63) is 65.7 Å². The number of ether oxygens (including phenoxy) is 1. The number of anilines is 1. The van der Waals surface area contributed by atoms with Gasteiger partial charge >= 0.3 is 5.97 Å². The molecule has 5 nitrogen and oxygen atoms in total. The van der Waals surface area contributed by atoms with Crippen molar-refractivity contribution in [1.29, 1.82) is 0 Å². The summed E-state index contributed by atoms with van der Waals surface area (Å²) in [6.45, 7) is 2.62. The smallest absolute Gasteiger partial charge is 0.340 e. The second-order valence-corrected chi connectivity index (χ2v) is 4.88. The largest absolute Gasteiger partial charge is 0.462 e. The molecule has 2 aromatic carbocycles. The summed E-state index contributed by atoms with van der Waals surface area (Å²) in [5.41, 5.74) is 2.04. The molecule has 0 fully saturated rings. The van der Waals surface area contributed by atoms with Crippen LogP contribution in [0.3, 0.4) is 0 Å². The van der Waals surface area contributed by atoms with Gasteiger partial charge in [0.25, 0.3) is 0 Å². The number of hydrogen-bond donors (Lipinski definition) is 2. The fourth-order valence-electron chi connectivity index (χ4n) is 2.06. The van der Waals surface area contributed by atoms with Gasteiger partial charge in [0.15, 0.2) is 0 Å². The first kappa shape index (κ1) is 16.5. The van der Waals surface area contributed by atoms with Gasteiger partial charge in [0.1, 0.15) is 0 Å². The first-order chi connectivity index (χ1) is 11.2. The minimum absolute atomic E-state index is 0.0866. The molecular weight excluding hydrogens is 292 g/mol. The van der Waals surface area contributed by atoms with Gasteiger partial charge in [0.2, 0.25) is 5.91 Å². The quantitative estimate of drug-likeness (QED) is 0.771. The molecule has 1 amide bonds. The van der Waals surface area contributed by atoms with Gasteiger partial charge in [-0.1, -0.05) is 42.5 Å². The van der Waals surface area contributed by atoms with Gasteiger partial charge < -0.3 is 15.4 Å². The number of carbonyl (C=O) groups excluding carboxylic acids is 2. The van der Waals surface area contributed by atoms with Crippen LogP contribution in [0.25, 0.3) is 0 Å². The number of hydrogen-bond acceptors (Lipinski definition) is 4. The van der Waals surface area contributed by atoms with Crippen molar-refractivity contribution in [2.45, 2.75) is 13.5 Å². The second kappa shape index (κ2) is 8.58. The number of nitrogens with one attached hydrogen (secondary N) is 2. The van der Waals surface area contributed by atoms with E-state index in [9.17, 15) is 9.59 Å². The normalized spacial score (nSPS) is 9.96. The maximum atomic E-state index is 11.9. The Bertz CT molecular complexity index is 656. The van der Waals surface area contributed by atoms with E-state index in [0.29, 0.717) is 24.4 Å². The third-order valence-electron chi connectivity index (χ3n) is 3.19. The van der Waals surface area contributed by atoms with Crippen molar-refractivity contribution in [3.63, 3.8) is 0 Å². The minimum atomic E-state index is -0.403. The molecule has 23 heavy (non-hydrogen) atoms. The van der Waals surface area contributed by atoms with Crippen LogP contribution in [0.2, 0.25) is 0 Å². The molecule has 0 radical (unpaired) electrons. The summed E-state index contributed by atoms with van der Waals surface area (Å²) >= 11 is 0. The molecule has 0 aliphatic rings. The topological polar surface area (TPSA) is 67.4 Å². The lowest BCUT2D eigenvalue weighted by molar-refractivity contribution is -0.119. The molecule has 0 saturated carbocycles. The summed E-state index contributed by atoms with van der Waals surface area (Å²) in [6, 6.07) is 16.6. The van der Waals surface area contributed by atoms with Crippen LogP contribution in [-0.2, 0) is 16.1 Å². The van der Waals surface area contributed by atoms with E-state index in [1.807, 2.05) is 30.3 Å². The average molecular weight is 312 g/mol. The van der Waals surface area contributed by atoms with E-state index in [1.54, 1.807) is 31.2 Å². The molecular formula is C18H20N2O3. The number of rotatable bonds is 7. The highest BCUT2D eigenvalue weighted by molar-refractivity contribution is 5.96. The van der Waals surface area contributed by atoms with E-state index in [1.165, 1.54) is 0 Å². The van der Waals surface area contributed by atoms with Crippen molar-refractivity contribution in [2.24, 2.45) is 0 Å². The van der Waals surface area contributed by atoms with Gasteiger partial charge in [-0.2, -0.15) is 0 Å². The van der Waals surface area contributed by atoms with Gasteiger partial charge in [-0.15, -0.1) is 0 Å². The van der Waals surface area contributed by atoms with E-state index in [4.69, 9.17) is 4.74 Å². The fourth-order valence-corrected chi connectivity index (χ4v) is 2.06. The Morgan fingerprint density at radius 2 is 1.70 bits per heavy atom.